The van der Waals surface area contributed by atoms with E-state index in [2.05, 4.69) is 22.3 Å². The van der Waals surface area contributed by atoms with Crippen LogP contribution in [0, 0.1) is 0 Å². The Balaban J connectivity index is 2.30. The fraction of sp³-hybridized carbons (Fsp3) is 0.100. The first-order valence-corrected chi connectivity index (χ1v) is 4.19. The number of fused-ring (bicyclic) bond motifs is 3. The van der Waals surface area contributed by atoms with Crippen molar-refractivity contribution in [2.24, 2.45) is 0 Å². The topological polar surface area (TPSA) is 37.9 Å². The van der Waals surface area contributed by atoms with Crippen molar-refractivity contribution in [3.05, 3.63) is 36.0 Å². The van der Waals surface area contributed by atoms with Gasteiger partial charge in [0.1, 0.15) is 6.61 Å². The molecule has 3 rings (SSSR count). The number of nitrogens with one attached hydrogen (secondary N) is 1. The van der Waals surface area contributed by atoms with E-state index in [0.29, 0.717) is 6.61 Å². The number of nitrogens with zero attached hydrogens (tertiary/aromatic N) is 1. The Kier molecular flexibility index (Phi) is 1.22. The van der Waals surface area contributed by atoms with Crippen LogP contribution in [0.4, 0.5) is 0 Å². The van der Waals surface area contributed by atoms with Gasteiger partial charge in [0.25, 0.3) is 0 Å². The second-order valence-corrected chi connectivity index (χ2v) is 3.06. The summed E-state index contributed by atoms with van der Waals surface area (Å²) in [6.07, 6.45) is 1.80. The number of hydrogen-bond acceptors (Lipinski definition) is 2. The molecule has 0 fully saturated rings. The Morgan fingerprint density at radius 2 is 2.15 bits per heavy atom. The van der Waals surface area contributed by atoms with Crippen LogP contribution in [0.15, 0.2) is 30.5 Å². The highest BCUT2D eigenvalue weighted by Gasteiger charge is 2.17. The van der Waals surface area contributed by atoms with E-state index in [1.54, 1.807) is 6.20 Å². The molecule has 0 saturated heterocycles. The van der Waals surface area contributed by atoms with Gasteiger partial charge in [0.05, 0.1) is 11.8 Å². The quantitative estimate of drug-likeness (QED) is 0.659. The summed E-state index contributed by atoms with van der Waals surface area (Å²) in [7, 11) is 0. The van der Waals surface area contributed by atoms with Crippen molar-refractivity contribution in [2.75, 3.05) is 0 Å². The lowest BCUT2D eigenvalue weighted by Crippen LogP contribution is -2.03. The van der Waals surface area contributed by atoms with Crippen LogP contribution >= 0.6 is 0 Å². The molecule has 1 aliphatic heterocycles. The van der Waals surface area contributed by atoms with Crippen LogP contribution < -0.4 is 4.74 Å². The number of hydrogen-bond donors (Lipinski definition) is 1. The van der Waals surface area contributed by atoms with Gasteiger partial charge < -0.3 is 4.74 Å². The average molecular weight is 172 g/mol. The fourth-order valence-electron chi connectivity index (χ4n) is 1.64. The molecule has 0 bridgehead atoms. The molecule has 0 radical (unpaired) electrons. The van der Waals surface area contributed by atoms with Gasteiger partial charge >= 0.3 is 0 Å². The van der Waals surface area contributed by atoms with Crippen LogP contribution in [0.5, 0.6) is 5.88 Å². The smallest absolute Gasteiger partial charge is 0.217 e. The highest BCUT2D eigenvalue weighted by molar-refractivity contribution is 5.72. The number of H-pyrrole nitrogens is 1. The third-order valence-corrected chi connectivity index (χ3v) is 2.28. The molecule has 0 atom stereocenters. The summed E-state index contributed by atoms with van der Waals surface area (Å²) < 4.78 is 5.47. The molecule has 1 N–H and O–H groups in total. The molecule has 1 aliphatic rings. The predicted molar refractivity (Wildman–Crippen MR) is 48.4 cm³/mol. The maximum atomic E-state index is 5.47. The van der Waals surface area contributed by atoms with Crippen molar-refractivity contribution in [2.45, 2.75) is 6.61 Å². The minimum Gasteiger partial charge on any atom is -0.473 e. The Bertz CT molecular complexity index is 448. The zero-order valence-electron chi connectivity index (χ0n) is 6.95. The molecule has 3 nitrogen and oxygen atoms in total. The lowest BCUT2D eigenvalue weighted by Gasteiger charge is -2.15. The van der Waals surface area contributed by atoms with E-state index in [1.165, 1.54) is 11.1 Å². The summed E-state index contributed by atoms with van der Waals surface area (Å²) >= 11 is 0. The Morgan fingerprint density at radius 3 is 3.15 bits per heavy atom. The summed E-state index contributed by atoms with van der Waals surface area (Å²) in [6.45, 7) is 0.630. The SMILES string of the molecule is c1ccc2c(c1)COc1[nH]ncc1-2. The van der Waals surface area contributed by atoms with Gasteiger partial charge in [-0.3, -0.25) is 0 Å². The zero-order chi connectivity index (χ0) is 8.67. The molecule has 0 amide bonds. The molecular formula is C10H8N2O. The van der Waals surface area contributed by atoms with E-state index < -0.39 is 0 Å². The summed E-state index contributed by atoms with van der Waals surface area (Å²) in [5.41, 5.74) is 3.50. The van der Waals surface area contributed by atoms with Gasteiger partial charge in [0, 0.05) is 0 Å². The van der Waals surface area contributed by atoms with E-state index in [-0.39, 0.29) is 0 Å². The normalized spacial score (nSPS) is 12.9. The molecule has 0 spiro atoms. The fourth-order valence-corrected chi connectivity index (χ4v) is 1.64. The lowest BCUT2D eigenvalue weighted by molar-refractivity contribution is 0.290. The molecular weight excluding hydrogens is 164 g/mol. The van der Waals surface area contributed by atoms with E-state index in [0.717, 1.165) is 11.4 Å². The van der Waals surface area contributed by atoms with Gasteiger partial charge in [0.2, 0.25) is 5.88 Å². The van der Waals surface area contributed by atoms with Crippen LogP contribution in [0.2, 0.25) is 0 Å². The van der Waals surface area contributed by atoms with Crippen LogP contribution in [0.1, 0.15) is 5.56 Å². The molecule has 0 unspecified atom stereocenters. The molecule has 0 aliphatic carbocycles. The monoisotopic (exact) mass is 172 g/mol. The Labute approximate surface area is 75.4 Å². The van der Waals surface area contributed by atoms with Crippen LogP contribution in [0.3, 0.4) is 0 Å². The van der Waals surface area contributed by atoms with Crippen molar-refractivity contribution in [3.63, 3.8) is 0 Å². The van der Waals surface area contributed by atoms with E-state index in [1.807, 2.05) is 12.1 Å². The second-order valence-electron chi connectivity index (χ2n) is 3.06. The van der Waals surface area contributed by atoms with Crippen molar-refractivity contribution in [3.8, 4) is 17.0 Å². The number of aromatic amines is 1. The summed E-state index contributed by atoms with van der Waals surface area (Å²) in [5.74, 6) is 0.777. The zero-order valence-corrected chi connectivity index (χ0v) is 6.95. The second kappa shape index (κ2) is 2.36. The van der Waals surface area contributed by atoms with Gasteiger partial charge in [-0.15, -0.1) is 0 Å². The van der Waals surface area contributed by atoms with Crippen molar-refractivity contribution >= 4 is 0 Å². The van der Waals surface area contributed by atoms with Gasteiger partial charge in [-0.2, -0.15) is 5.10 Å². The molecule has 1 aromatic heterocycles. The lowest BCUT2D eigenvalue weighted by atomic mass is 10.0. The third-order valence-electron chi connectivity index (χ3n) is 2.28. The molecule has 2 aromatic rings. The van der Waals surface area contributed by atoms with Gasteiger partial charge in [-0.05, 0) is 11.1 Å². The minimum absolute atomic E-state index is 0.630. The van der Waals surface area contributed by atoms with Crippen molar-refractivity contribution < 1.29 is 4.74 Å². The maximum Gasteiger partial charge on any atom is 0.217 e. The van der Waals surface area contributed by atoms with Crippen molar-refractivity contribution in [1.82, 2.24) is 10.2 Å². The minimum atomic E-state index is 0.630. The van der Waals surface area contributed by atoms with Crippen LogP contribution in [-0.2, 0) is 6.61 Å². The largest absolute Gasteiger partial charge is 0.473 e. The van der Waals surface area contributed by atoms with E-state index >= 15 is 0 Å². The third kappa shape index (κ3) is 0.869. The Hall–Kier alpha value is -1.77. The molecule has 0 saturated carbocycles. The van der Waals surface area contributed by atoms with Gasteiger partial charge in [0.15, 0.2) is 0 Å². The molecule has 2 heterocycles. The number of benzene rings is 1. The molecule has 13 heavy (non-hydrogen) atoms. The standard InChI is InChI=1S/C10H8N2O/c1-2-4-8-7(3-1)6-13-10-9(8)5-11-12-10/h1-5H,6H2,(H,11,12). The van der Waals surface area contributed by atoms with Crippen molar-refractivity contribution in [1.29, 1.82) is 0 Å². The van der Waals surface area contributed by atoms with E-state index in [9.17, 15) is 0 Å². The first kappa shape index (κ1) is 6.71. The molecule has 64 valence electrons. The average Bonchev–Trinajstić information content (AvgIpc) is 2.65. The number of rotatable bonds is 0. The number of aromatic nitrogens is 2. The predicted octanol–water partition coefficient (Wildman–Crippen LogP) is 1.97. The summed E-state index contributed by atoms with van der Waals surface area (Å²) in [4.78, 5) is 0. The first-order valence-electron chi connectivity index (χ1n) is 4.19. The highest BCUT2D eigenvalue weighted by atomic mass is 16.5. The van der Waals surface area contributed by atoms with Gasteiger partial charge in [-0.1, -0.05) is 24.3 Å². The molecule has 3 heteroatoms. The number of ether oxygens (including phenoxy) is 1. The van der Waals surface area contributed by atoms with Crippen LogP contribution in [-0.4, -0.2) is 10.2 Å². The van der Waals surface area contributed by atoms with Gasteiger partial charge in [-0.25, -0.2) is 5.10 Å². The first-order chi connectivity index (χ1) is 6.45. The maximum absolute atomic E-state index is 5.47. The highest BCUT2D eigenvalue weighted by Crippen LogP contribution is 2.34. The molecule has 1 aromatic carbocycles. The van der Waals surface area contributed by atoms with E-state index in [4.69, 9.17) is 4.74 Å². The summed E-state index contributed by atoms with van der Waals surface area (Å²) in [5, 5.41) is 6.78. The Morgan fingerprint density at radius 1 is 1.23 bits per heavy atom. The summed E-state index contributed by atoms with van der Waals surface area (Å²) in [6, 6.07) is 8.21. The van der Waals surface area contributed by atoms with Crippen LogP contribution in [0.25, 0.3) is 11.1 Å².